The number of amides is 1. The van der Waals surface area contributed by atoms with Gasteiger partial charge < -0.3 is 9.73 Å². The second-order valence-electron chi connectivity index (χ2n) is 3.57. The van der Waals surface area contributed by atoms with Gasteiger partial charge in [-0.1, -0.05) is 0 Å². The van der Waals surface area contributed by atoms with Crippen LogP contribution in [0.1, 0.15) is 17.5 Å². The summed E-state index contributed by atoms with van der Waals surface area (Å²) in [6, 6.07) is 2.65. The van der Waals surface area contributed by atoms with Gasteiger partial charge in [-0.15, -0.1) is 0 Å². The van der Waals surface area contributed by atoms with Crippen molar-refractivity contribution in [2.24, 2.45) is 0 Å². The zero-order valence-electron chi connectivity index (χ0n) is 8.86. The summed E-state index contributed by atoms with van der Waals surface area (Å²) in [6.07, 6.45) is 1.12. The Morgan fingerprint density at radius 3 is 2.62 bits per heavy atom. The van der Waals surface area contributed by atoms with Crippen molar-refractivity contribution in [3.8, 4) is 0 Å². The first-order valence-corrected chi connectivity index (χ1v) is 7.37. The third-order valence-corrected chi connectivity index (χ3v) is 3.26. The molecule has 0 fully saturated rings. The van der Waals surface area contributed by atoms with Crippen LogP contribution in [0, 0.1) is 0 Å². The highest BCUT2D eigenvalue weighted by molar-refractivity contribution is 9.10. The molecule has 0 spiro atoms. The fourth-order valence-electron chi connectivity index (χ4n) is 1.23. The Labute approximate surface area is 102 Å². The van der Waals surface area contributed by atoms with Gasteiger partial charge in [0, 0.05) is 12.3 Å². The molecule has 0 aliphatic carbocycles. The Morgan fingerprint density at radius 1 is 1.56 bits per heavy atom. The van der Waals surface area contributed by atoms with Gasteiger partial charge in [0.2, 0.25) is 0 Å². The summed E-state index contributed by atoms with van der Waals surface area (Å²) in [7, 11) is -3.10. The lowest BCUT2D eigenvalue weighted by atomic mass is 10.3. The molecule has 1 aromatic heterocycles. The van der Waals surface area contributed by atoms with Crippen LogP contribution in [0.4, 0.5) is 0 Å². The highest BCUT2D eigenvalue weighted by atomic mass is 79.9. The van der Waals surface area contributed by atoms with Gasteiger partial charge in [0.1, 0.15) is 9.84 Å². The molecular weight excluding hydrogens is 298 g/mol. The third-order valence-electron chi connectivity index (χ3n) is 1.73. The molecule has 1 atom stereocenters. The Hall–Kier alpha value is -0.820. The maximum absolute atomic E-state index is 11.5. The van der Waals surface area contributed by atoms with Crippen molar-refractivity contribution >= 4 is 31.7 Å². The number of furan rings is 1. The van der Waals surface area contributed by atoms with Crippen LogP contribution in [0.2, 0.25) is 0 Å². The van der Waals surface area contributed by atoms with E-state index in [0.29, 0.717) is 4.67 Å². The van der Waals surface area contributed by atoms with Gasteiger partial charge in [0.05, 0.1) is 5.75 Å². The summed E-state index contributed by atoms with van der Waals surface area (Å²) in [5.41, 5.74) is 0. The standard InChI is InChI=1S/C9H12BrNO4S/c1-6(5-16(2,13)14)11-9(12)7-3-4-8(10)15-7/h3-4,6H,5H2,1-2H3,(H,11,12). The largest absolute Gasteiger partial charge is 0.444 e. The van der Waals surface area contributed by atoms with E-state index in [1.807, 2.05) is 0 Å². The van der Waals surface area contributed by atoms with E-state index >= 15 is 0 Å². The van der Waals surface area contributed by atoms with E-state index < -0.39 is 21.8 Å². The lowest BCUT2D eigenvalue weighted by Crippen LogP contribution is -2.37. The van der Waals surface area contributed by atoms with Crippen molar-refractivity contribution in [2.45, 2.75) is 13.0 Å². The van der Waals surface area contributed by atoms with Crippen molar-refractivity contribution in [3.05, 3.63) is 22.6 Å². The molecule has 0 aromatic carbocycles. The van der Waals surface area contributed by atoms with Crippen LogP contribution in [-0.4, -0.2) is 32.4 Å². The number of nitrogens with one attached hydrogen (secondary N) is 1. The normalized spacial score (nSPS) is 13.4. The highest BCUT2D eigenvalue weighted by Crippen LogP contribution is 2.13. The van der Waals surface area contributed by atoms with Gasteiger partial charge in [-0.05, 0) is 35.0 Å². The van der Waals surface area contributed by atoms with E-state index in [9.17, 15) is 13.2 Å². The Kier molecular flexibility index (Phi) is 4.15. The van der Waals surface area contributed by atoms with Gasteiger partial charge in [0.25, 0.3) is 5.91 Å². The SMILES string of the molecule is CC(CS(C)(=O)=O)NC(=O)c1ccc(Br)o1. The van der Waals surface area contributed by atoms with Crippen molar-refractivity contribution in [3.63, 3.8) is 0 Å². The summed E-state index contributed by atoms with van der Waals surface area (Å²) in [5.74, 6) is -0.380. The molecule has 0 saturated heterocycles. The van der Waals surface area contributed by atoms with Gasteiger partial charge in [-0.2, -0.15) is 0 Å². The number of hydrogen-bond donors (Lipinski definition) is 1. The number of hydrogen-bond acceptors (Lipinski definition) is 4. The zero-order chi connectivity index (χ0) is 12.3. The predicted octanol–water partition coefficient (Wildman–Crippen LogP) is 1.20. The van der Waals surface area contributed by atoms with Crippen LogP contribution >= 0.6 is 15.9 Å². The Bertz CT molecular complexity index is 479. The maximum atomic E-state index is 11.5. The molecule has 7 heteroatoms. The minimum absolute atomic E-state index is 0.0966. The summed E-state index contributed by atoms with van der Waals surface area (Å²) >= 11 is 3.07. The minimum Gasteiger partial charge on any atom is -0.444 e. The van der Waals surface area contributed by atoms with Crippen LogP contribution in [-0.2, 0) is 9.84 Å². The fraction of sp³-hybridized carbons (Fsp3) is 0.444. The molecule has 0 radical (unpaired) electrons. The first-order chi connectivity index (χ1) is 7.28. The molecule has 1 heterocycles. The first-order valence-electron chi connectivity index (χ1n) is 4.52. The van der Waals surface area contributed by atoms with E-state index in [-0.39, 0.29) is 11.5 Å². The van der Waals surface area contributed by atoms with Gasteiger partial charge in [0.15, 0.2) is 10.4 Å². The second-order valence-corrected chi connectivity index (χ2v) is 6.54. The average Bonchev–Trinajstić information content (AvgIpc) is 2.47. The lowest BCUT2D eigenvalue weighted by molar-refractivity contribution is 0.0914. The second kappa shape index (κ2) is 5.01. The molecule has 16 heavy (non-hydrogen) atoms. The third kappa shape index (κ3) is 4.36. The Balaban J connectivity index is 2.58. The number of carbonyl (C=O) groups excluding carboxylic acids is 1. The summed E-state index contributed by atoms with van der Waals surface area (Å²) in [5, 5.41) is 2.53. The number of carbonyl (C=O) groups is 1. The van der Waals surface area contributed by atoms with Crippen LogP contribution in [0.5, 0.6) is 0 Å². The molecule has 0 bridgehead atoms. The maximum Gasteiger partial charge on any atom is 0.287 e. The van der Waals surface area contributed by atoms with Crippen molar-refractivity contribution in [1.29, 1.82) is 0 Å². The van der Waals surface area contributed by atoms with Crippen molar-refractivity contribution in [1.82, 2.24) is 5.32 Å². The van der Waals surface area contributed by atoms with Crippen LogP contribution < -0.4 is 5.32 Å². The lowest BCUT2D eigenvalue weighted by Gasteiger charge is -2.11. The monoisotopic (exact) mass is 309 g/mol. The minimum atomic E-state index is -3.10. The van der Waals surface area contributed by atoms with Crippen molar-refractivity contribution < 1.29 is 17.6 Å². The number of rotatable bonds is 4. The highest BCUT2D eigenvalue weighted by Gasteiger charge is 2.16. The Morgan fingerprint density at radius 2 is 2.19 bits per heavy atom. The first kappa shape index (κ1) is 13.2. The summed E-state index contributed by atoms with van der Waals surface area (Å²) in [4.78, 5) is 11.5. The zero-order valence-corrected chi connectivity index (χ0v) is 11.3. The smallest absolute Gasteiger partial charge is 0.287 e. The number of halogens is 1. The average molecular weight is 310 g/mol. The quantitative estimate of drug-likeness (QED) is 0.907. The molecule has 0 aliphatic heterocycles. The molecule has 1 unspecified atom stereocenters. The van der Waals surface area contributed by atoms with Crippen molar-refractivity contribution in [2.75, 3.05) is 12.0 Å². The van der Waals surface area contributed by atoms with Gasteiger partial charge in [-0.3, -0.25) is 4.79 Å². The molecule has 5 nitrogen and oxygen atoms in total. The van der Waals surface area contributed by atoms with Gasteiger partial charge >= 0.3 is 0 Å². The molecule has 90 valence electrons. The number of sulfone groups is 1. The van der Waals surface area contributed by atoms with Crippen LogP contribution in [0.15, 0.2) is 21.2 Å². The molecule has 1 aromatic rings. The van der Waals surface area contributed by atoms with E-state index in [1.54, 1.807) is 13.0 Å². The topological polar surface area (TPSA) is 76.4 Å². The van der Waals surface area contributed by atoms with E-state index in [4.69, 9.17) is 4.42 Å². The molecule has 1 amide bonds. The van der Waals surface area contributed by atoms with E-state index in [2.05, 4.69) is 21.2 Å². The fourth-order valence-corrected chi connectivity index (χ4v) is 2.53. The van der Waals surface area contributed by atoms with E-state index in [0.717, 1.165) is 6.26 Å². The molecule has 0 aliphatic rings. The molecule has 1 N–H and O–H groups in total. The van der Waals surface area contributed by atoms with Crippen LogP contribution in [0.25, 0.3) is 0 Å². The molecular formula is C9H12BrNO4S. The van der Waals surface area contributed by atoms with Gasteiger partial charge in [-0.25, -0.2) is 8.42 Å². The summed E-state index contributed by atoms with van der Waals surface area (Å²) in [6.45, 7) is 1.62. The van der Waals surface area contributed by atoms with Crippen LogP contribution in [0.3, 0.4) is 0 Å². The predicted molar refractivity (Wildman–Crippen MR) is 63.0 cm³/mol. The molecule has 1 rings (SSSR count). The van der Waals surface area contributed by atoms with E-state index in [1.165, 1.54) is 6.07 Å². The molecule has 0 saturated carbocycles. The summed E-state index contributed by atoms with van der Waals surface area (Å²) < 4.78 is 27.4.